The number of carbonyl (C=O) groups excluding carboxylic acids is 2. The van der Waals surface area contributed by atoms with E-state index in [-0.39, 0.29) is 84.6 Å². The smallest absolute Gasteiger partial charge is 0.306 e. The van der Waals surface area contributed by atoms with Gasteiger partial charge in [-0.1, -0.05) is 59.3 Å². The number of esters is 1. The number of hydrogen-bond donors (Lipinski definition) is 1. The molecule has 12 atom stereocenters. The second-order valence-corrected chi connectivity index (χ2v) is 12.9. The summed E-state index contributed by atoms with van der Waals surface area (Å²) >= 11 is 0. The van der Waals surface area contributed by atoms with E-state index in [4.69, 9.17) is 18.9 Å². The zero-order valence-electron chi connectivity index (χ0n) is 27.3. The van der Waals surface area contributed by atoms with Crippen LogP contribution in [0, 0.1) is 35.5 Å². The van der Waals surface area contributed by atoms with Gasteiger partial charge in [0.15, 0.2) is 12.1 Å². The van der Waals surface area contributed by atoms with Crippen LogP contribution in [0.4, 0.5) is 0 Å². The number of ether oxygens (including phenoxy) is 4. The van der Waals surface area contributed by atoms with Crippen molar-refractivity contribution in [1.82, 2.24) is 4.90 Å². The van der Waals surface area contributed by atoms with Gasteiger partial charge in [-0.2, -0.15) is 0 Å². The highest BCUT2D eigenvalue weighted by Crippen LogP contribution is 2.36. The standard InChI is InChI=1S/C33H57NO7/c1-12-28-26(18-35)15-19(2)13-14-27(36)21(4)16-22(5)31(23(6)20(3)17-29(37)40-28)41-33-32(38-11)30(34(9)10)24(7)25(8)39-33/h13-15,20-26,28,30-33,35H,12,16-18H2,1-11H3/b14-13+,19-15+/t20-,21-,22+,23+,24?,25?,26-,28-,30?,31+,32?,33?/m1/s1. The zero-order valence-corrected chi connectivity index (χ0v) is 27.3. The summed E-state index contributed by atoms with van der Waals surface area (Å²) in [4.78, 5) is 28.4. The molecular weight excluding hydrogens is 522 g/mol. The van der Waals surface area contributed by atoms with E-state index in [9.17, 15) is 14.7 Å². The van der Waals surface area contributed by atoms with Gasteiger partial charge < -0.3 is 29.0 Å². The van der Waals surface area contributed by atoms with Crippen LogP contribution >= 0.6 is 0 Å². The van der Waals surface area contributed by atoms with Crippen molar-refractivity contribution in [3.05, 3.63) is 23.8 Å². The van der Waals surface area contributed by atoms with Crippen LogP contribution in [0.3, 0.4) is 0 Å². The van der Waals surface area contributed by atoms with Gasteiger partial charge in [-0.05, 0) is 64.6 Å². The molecule has 0 aromatic heterocycles. The largest absolute Gasteiger partial charge is 0.462 e. The Morgan fingerprint density at radius 3 is 2.22 bits per heavy atom. The highest BCUT2D eigenvalue weighted by Gasteiger charge is 2.46. The lowest BCUT2D eigenvalue weighted by atomic mass is 9.79. The number of ketones is 1. The molecule has 0 bridgehead atoms. The first-order valence-corrected chi connectivity index (χ1v) is 15.5. The van der Waals surface area contributed by atoms with Gasteiger partial charge in [0.05, 0.1) is 18.8 Å². The van der Waals surface area contributed by atoms with Gasteiger partial charge >= 0.3 is 5.97 Å². The number of allylic oxidation sites excluding steroid dienone is 3. The van der Waals surface area contributed by atoms with Gasteiger partial charge in [0.1, 0.15) is 12.2 Å². The minimum absolute atomic E-state index is 0.0103. The van der Waals surface area contributed by atoms with Crippen molar-refractivity contribution in [3.63, 3.8) is 0 Å². The molecule has 0 aliphatic carbocycles. The molecule has 0 amide bonds. The van der Waals surface area contributed by atoms with Gasteiger partial charge in [0.2, 0.25) is 0 Å². The maximum Gasteiger partial charge on any atom is 0.306 e. The minimum atomic E-state index is -0.591. The Bertz CT molecular complexity index is 902. The van der Waals surface area contributed by atoms with E-state index in [1.54, 1.807) is 19.3 Å². The number of hydrogen-bond acceptors (Lipinski definition) is 8. The summed E-state index contributed by atoms with van der Waals surface area (Å²) in [6.07, 6.45) is 5.07. The molecule has 1 fully saturated rings. The molecule has 8 heteroatoms. The average Bonchev–Trinajstić information content (AvgIpc) is 2.92. The molecule has 2 aliphatic heterocycles. The minimum Gasteiger partial charge on any atom is -0.462 e. The average molecular weight is 580 g/mol. The summed E-state index contributed by atoms with van der Waals surface area (Å²) in [6.45, 7) is 16.2. The first-order chi connectivity index (χ1) is 19.2. The maximum atomic E-state index is 13.1. The molecule has 41 heavy (non-hydrogen) atoms. The molecule has 0 spiro atoms. The number of aliphatic hydroxyl groups is 1. The molecule has 2 aliphatic rings. The lowest BCUT2D eigenvalue weighted by Crippen LogP contribution is -2.60. The molecule has 0 saturated carbocycles. The molecule has 1 N–H and O–H groups in total. The third-order valence-corrected chi connectivity index (χ3v) is 9.43. The summed E-state index contributed by atoms with van der Waals surface area (Å²) < 4.78 is 25.1. The van der Waals surface area contributed by atoms with Crippen molar-refractivity contribution in [2.24, 2.45) is 35.5 Å². The topological polar surface area (TPSA) is 94.5 Å². The Balaban J connectivity index is 2.45. The van der Waals surface area contributed by atoms with Crippen molar-refractivity contribution in [1.29, 1.82) is 0 Å². The number of methoxy groups -OCH3 is 1. The lowest BCUT2D eigenvalue weighted by Gasteiger charge is -2.48. The monoisotopic (exact) mass is 579 g/mol. The predicted octanol–water partition coefficient (Wildman–Crippen LogP) is 5.04. The number of cyclic esters (lactones) is 1. The van der Waals surface area contributed by atoms with Gasteiger partial charge in [-0.3, -0.25) is 9.59 Å². The highest BCUT2D eigenvalue weighted by molar-refractivity contribution is 5.91. The van der Waals surface area contributed by atoms with Crippen molar-refractivity contribution in [3.8, 4) is 0 Å². The molecule has 2 rings (SSSR count). The van der Waals surface area contributed by atoms with Crippen LogP contribution in [0.5, 0.6) is 0 Å². The van der Waals surface area contributed by atoms with Crippen molar-refractivity contribution >= 4 is 11.8 Å². The lowest BCUT2D eigenvalue weighted by molar-refractivity contribution is -0.297. The van der Waals surface area contributed by atoms with Crippen LogP contribution < -0.4 is 0 Å². The summed E-state index contributed by atoms with van der Waals surface area (Å²) in [5.74, 6) is -0.624. The Labute approximate surface area is 248 Å². The van der Waals surface area contributed by atoms with E-state index in [1.807, 2.05) is 33.8 Å². The first-order valence-electron chi connectivity index (χ1n) is 15.5. The summed E-state index contributed by atoms with van der Waals surface area (Å²) in [6, 6.07) is 0.102. The number of carbonyl (C=O) groups is 2. The van der Waals surface area contributed by atoms with Gasteiger partial charge in [0, 0.05) is 37.3 Å². The van der Waals surface area contributed by atoms with Gasteiger partial charge in [-0.25, -0.2) is 0 Å². The molecule has 5 unspecified atom stereocenters. The van der Waals surface area contributed by atoms with Crippen LogP contribution in [0.1, 0.15) is 74.7 Å². The number of likely N-dealkylation sites (N-methyl/N-ethyl adjacent to an activating group) is 1. The fourth-order valence-corrected chi connectivity index (χ4v) is 6.53. The van der Waals surface area contributed by atoms with Crippen LogP contribution in [-0.2, 0) is 28.5 Å². The fraction of sp³-hybridized carbons (Fsp3) is 0.818. The Kier molecular flexibility index (Phi) is 14.2. The van der Waals surface area contributed by atoms with Crippen LogP contribution in [0.2, 0.25) is 0 Å². The van der Waals surface area contributed by atoms with E-state index in [1.165, 1.54) is 0 Å². The van der Waals surface area contributed by atoms with Crippen LogP contribution in [0.25, 0.3) is 0 Å². The number of rotatable bonds is 6. The third kappa shape index (κ3) is 9.45. The summed E-state index contributed by atoms with van der Waals surface area (Å²) in [5, 5.41) is 10.1. The van der Waals surface area contributed by atoms with E-state index in [2.05, 4.69) is 46.7 Å². The van der Waals surface area contributed by atoms with E-state index >= 15 is 0 Å². The SMILES string of the molecule is CC[C@H]1OC(=O)C[C@@H](C)[C@H](C)[C@@H](OC2OC(C)C(C)C(N(C)C)C2OC)[C@@H](C)C[C@@H](C)C(=O)/C=C/C(C)=C/[C@@H]1CO. The quantitative estimate of drug-likeness (QED) is 0.438. The molecule has 0 radical (unpaired) electrons. The molecule has 0 aromatic rings. The second kappa shape index (κ2) is 16.3. The van der Waals surface area contributed by atoms with Crippen molar-refractivity contribution < 1.29 is 33.6 Å². The third-order valence-electron chi connectivity index (χ3n) is 9.43. The highest BCUT2D eigenvalue weighted by atomic mass is 16.7. The molecular formula is C33H57NO7. The van der Waals surface area contributed by atoms with Crippen LogP contribution in [0.15, 0.2) is 23.8 Å². The van der Waals surface area contributed by atoms with E-state index in [0.29, 0.717) is 12.8 Å². The fourth-order valence-electron chi connectivity index (χ4n) is 6.53. The first kappa shape index (κ1) is 35.6. The maximum absolute atomic E-state index is 13.1. The van der Waals surface area contributed by atoms with Gasteiger partial charge in [0.25, 0.3) is 0 Å². The molecule has 0 aromatic carbocycles. The number of nitrogens with zero attached hydrogens (tertiary/aromatic N) is 1. The Morgan fingerprint density at radius 1 is 1.00 bits per heavy atom. The van der Waals surface area contributed by atoms with Crippen molar-refractivity contribution in [2.45, 2.75) is 111 Å². The second-order valence-electron chi connectivity index (χ2n) is 12.9. The molecule has 2 heterocycles. The summed E-state index contributed by atoms with van der Waals surface area (Å²) in [7, 11) is 5.80. The summed E-state index contributed by atoms with van der Waals surface area (Å²) in [5.41, 5.74) is 0.848. The van der Waals surface area contributed by atoms with Crippen molar-refractivity contribution in [2.75, 3.05) is 27.8 Å². The Morgan fingerprint density at radius 2 is 1.66 bits per heavy atom. The Hall–Kier alpha value is -1.58. The van der Waals surface area contributed by atoms with Gasteiger partial charge in [-0.15, -0.1) is 0 Å². The molecule has 1 saturated heterocycles. The predicted molar refractivity (Wildman–Crippen MR) is 161 cm³/mol. The number of aliphatic hydroxyl groups excluding tert-OH is 1. The molecule has 236 valence electrons. The van der Waals surface area contributed by atoms with E-state index < -0.39 is 12.4 Å². The van der Waals surface area contributed by atoms with E-state index in [0.717, 1.165) is 5.57 Å². The molecule has 8 nitrogen and oxygen atoms in total. The normalized spacial score (nSPS) is 42.4. The zero-order chi connectivity index (χ0) is 31.0. The van der Waals surface area contributed by atoms with Crippen LogP contribution in [-0.4, -0.2) is 86.3 Å².